The van der Waals surface area contributed by atoms with E-state index in [9.17, 15) is 4.89 Å². The fraction of sp³-hybridized carbons (Fsp3) is 0.667. The van der Waals surface area contributed by atoms with E-state index in [4.69, 9.17) is 9.05 Å². The predicted octanol–water partition coefficient (Wildman–Crippen LogP) is 12.3. The molecule has 1 aliphatic heterocycles. The van der Waals surface area contributed by atoms with Gasteiger partial charge in [0.2, 0.25) is 0 Å². The van der Waals surface area contributed by atoms with E-state index < -0.39 is 7.94 Å². The largest absolute Gasteiger partial charge is 0.495 e. The topological polar surface area (TPSA) is 38.7 Å². The van der Waals surface area contributed by atoms with Gasteiger partial charge in [0.05, 0.1) is 9.79 Å². The minimum atomic E-state index is -3.22. The second-order valence-corrected chi connectivity index (χ2v) is 17.5. The molecule has 0 saturated carbocycles. The molecular formula is C36H58O3PS+. The zero-order valence-corrected chi connectivity index (χ0v) is 29.3. The molecule has 230 valence electrons. The molecule has 0 aliphatic carbocycles. The minimum Gasteiger partial charge on any atom is -0.276 e. The highest BCUT2D eigenvalue weighted by Crippen LogP contribution is 2.64. The summed E-state index contributed by atoms with van der Waals surface area (Å²) in [5.41, 5.74) is 4.43. The van der Waals surface area contributed by atoms with Gasteiger partial charge in [-0.15, -0.1) is 0 Å². The van der Waals surface area contributed by atoms with Gasteiger partial charge in [-0.05, 0) is 60.8 Å². The lowest BCUT2D eigenvalue weighted by Crippen LogP contribution is -2.21. The molecule has 0 fully saturated rings. The van der Waals surface area contributed by atoms with E-state index in [-0.39, 0.29) is 10.8 Å². The van der Waals surface area contributed by atoms with Gasteiger partial charge in [-0.25, -0.2) is 0 Å². The maximum absolute atomic E-state index is 12.2. The Balaban J connectivity index is 1.79. The molecule has 0 spiro atoms. The third kappa shape index (κ3) is 10.2. The Morgan fingerprint density at radius 1 is 0.610 bits per heavy atom. The van der Waals surface area contributed by atoms with Crippen molar-refractivity contribution in [3.8, 4) is 11.5 Å². The molecule has 5 heteroatoms. The summed E-state index contributed by atoms with van der Waals surface area (Å²) in [6, 6.07) is 8.84. The first-order valence-electron chi connectivity index (χ1n) is 16.2. The first-order valence-corrected chi connectivity index (χ1v) is 18.8. The average Bonchev–Trinajstić information content (AvgIpc) is 2.85. The number of hydrogen-bond acceptors (Lipinski definition) is 4. The third-order valence-electron chi connectivity index (χ3n) is 8.00. The molecule has 3 rings (SSSR count). The fourth-order valence-electron chi connectivity index (χ4n) is 5.60. The number of benzene rings is 2. The van der Waals surface area contributed by atoms with Crippen LogP contribution >= 0.6 is 19.7 Å². The number of hydrogen-bond donors (Lipinski definition) is 1. The van der Waals surface area contributed by atoms with Crippen molar-refractivity contribution in [2.24, 2.45) is 0 Å². The first kappa shape index (κ1) is 34.3. The molecule has 0 bridgehead atoms. The molecule has 1 aliphatic rings. The van der Waals surface area contributed by atoms with Crippen molar-refractivity contribution >= 4 is 19.7 Å². The van der Waals surface area contributed by atoms with E-state index >= 15 is 0 Å². The number of rotatable bonds is 13. The monoisotopic (exact) mass is 601 g/mol. The van der Waals surface area contributed by atoms with E-state index in [0.29, 0.717) is 6.16 Å². The van der Waals surface area contributed by atoms with Gasteiger partial charge in [-0.1, -0.05) is 137 Å². The Morgan fingerprint density at radius 2 is 0.976 bits per heavy atom. The van der Waals surface area contributed by atoms with Crippen molar-refractivity contribution in [2.75, 3.05) is 6.16 Å². The minimum absolute atomic E-state index is 0.122. The lowest BCUT2D eigenvalue weighted by molar-refractivity contribution is 0.328. The zero-order valence-electron chi connectivity index (χ0n) is 27.6. The van der Waals surface area contributed by atoms with Gasteiger partial charge in [0.25, 0.3) is 0 Å². The van der Waals surface area contributed by atoms with Gasteiger partial charge in [-0.2, -0.15) is 4.89 Å². The van der Waals surface area contributed by atoms with Crippen LogP contribution in [0.4, 0.5) is 0 Å². The van der Waals surface area contributed by atoms with E-state index in [1.165, 1.54) is 75.3 Å². The predicted molar refractivity (Wildman–Crippen MR) is 180 cm³/mol. The molecule has 3 nitrogen and oxygen atoms in total. The van der Waals surface area contributed by atoms with Crippen LogP contribution in [0.3, 0.4) is 0 Å². The molecule has 0 atom stereocenters. The Labute approximate surface area is 257 Å². The van der Waals surface area contributed by atoms with Crippen LogP contribution in [-0.2, 0) is 10.8 Å². The van der Waals surface area contributed by atoms with Gasteiger partial charge < -0.3 is 0 Å². The summed E-state index contributed by atoms with van der Waals surface area (Å²) in [6.07, 6.45) is 16.0. The van der Waals surface area contributed by atoms with Crippen molar-refractivity contribution in [3.05, 3.63) is 46.5 Å². The molecule has 0 saturated heterocycles. The van der Waals surface area contributed by atoms with Gasteiger partial charge in [-0.3, -0.25) is 9.05 Å². The van der Waals surface area contributed by atoms with Crippen LogP contribution in [-0.4, -0.2) is 11.1 Å². The highest BCUT2D eigenvalue weighted by atomic mass is 32.2. The molecule has 41 heavy (non-hydrogen) atoms. The van der Waals surface area contributed by atoms with Crippen molar-refractivity contribution in [1.29, 1.82) is 0 Å². The molecule has 1 N–H and O–H groups in total. The fourth-order valence-corrected chi connectivity index (χ4v) is 8.75. The van der Waals surface area contributed by atoms with Crippen LogP contribution in [0.2, 0.25) is 0 Å². The van der Waals surface area contributed by atoms with Crippen LogP contribution in [0.25, 0.3) is 0 Å². The summed E-state index contributed by atoms with van der Waals surface area (Å²) in [6.45, 7) is 19.9. The van der Waals surface area contributed by atoms with Crippen molar-refractivity contribution in [1.82, 2.24) is 0 Å². The van der Waals surface area contributed by atoms with Crippen molar-refractivity contribution in [3.63, 3.8) is 0 Å². The quantitative estimate of drug-likeness (QED) is 0.183. The molecule has 1 heterocycles. The molecule has 0 unspecified atom stereocenters. The lowest BCUT2D eigenvalue weighted by Gasteiger charge is -2.31. The molecule has 2 aromatic carbocycles. The highest BCUT2D eigenvalue weighted by Gasteiger charge is 2.48. The Bertz CT molecular complexity index is 1060. The Hall–Kier alpha value is -1.22. The Kier molecular flexibility index (Phi) is 12.5. The van der Waals surface area contributed by atoms with Crippen LogP contribution in [0, 0.1) is 13.8 Å². The summed E-state index contributed by atoms with van der Waals surface area (Å²) >= 11 is 1.71. The smallest absolute Gasteiger partial charge is 0.276 e. The number of aryl methyl sites for hydroxylation is 2. The summed E-state index contributed by atoms with van der Waals surface area (Å²) in [5, 5.41) is 0. The van der Waals surface area contributed by atoms with Gasteiger partial charge >= 0.3 is 7.94 Å². The molecule has 2 aromatic rings. The van der Waals surface area contributed by atoms with Gasteiger partial charge in [0, 0.05) is 11.1 Å². The second-order valence-electron chi connectivity index (χ2n) is 14.3. The summed E-state index contributed by atoms with van der Waals surface area (Å²) in [4.78, 5) is 14.3. The van der Waals surface area contributed by atoms with E-state index in [2.05, 4.69) is 86.6 Å². The van der Waals surface area contributed by atoms with Crippen LogP contribution in [0.15, 0.2) is 34.1 Å². The summed E-state index contributed by atoms with van der Waals surface area (Å²) in [5.74, 6) is 1.60. The maximum atomic E-state index is 12.2. The third-order valence-corrected chi connectivity index (χ3v) is 10.9. The second kappa shape index (κ2) is 15.0. The maximum Gasteiger partial charge on any atom is 0.495 e. The molecule has 0 radical (unpaired) electrons. The molecule has 0 amide bonds. The van der Waals surface area contributed by atoms with E-state index in [1.807, 2.05) is 0 Å². The normalized spacial score (nSPS) is 14.9. The Morgan fingerprint density at radius 3 is 1.34 bits per heavy atom. The summed E-state index contributed by atoms with van der Waals surface area (Å²) < 4.78 is 13.4. The standard InChI is InChI=1S/C36H58O3PS/c1-10-11-12-13-14-15-16-17-18-19-20-21-22-40(37)38-33-29(35(4,5)6)23-27(2)25-31(33)41-32-26-28(3)24-30(34(32)39-40)36(7,8)9/h23-26,37H,10-22H2,1-9H3/q+1. The first-order chi connectivity index (χ1) is 19.2. The number of fused-ring (bicyclic) bond motifs is 2. The van der Waals surface area contributed by atoms with Gasteiger partial charge in [0.15, 0.2) is 17.7 Å². The van der Waals surface area contributed by atoms with Gasteiger partial charge in [0.1, 0.15) is 0 Å². The van der Waals surface area contributed by atoms with Crippen LogP contribution in [0.1, 0.15) is 148 Å². The molecule has 0 aromatic heterocycles. The van der Waals surface area contributed by atoms with E-state index in [0.717, 1.165) is 45.3 Å². The van der Waals surface area contributed by atoms with Crippen molar-refractivity contribution < 1.29 is 13.9 Å². The van der Waals surface area contributed by atoms with Crippen LogP contribution < -0.4 is 9.05 Å². The van der Waals surface area contributed by atoms with Crippen LogP contribution in [0.5, 0.6) is 11.5 Å². The average molecular weight is 602 g/mol. The lowest BCUT2D eigenvalue weighted by atomic mass is 9.85. The summed E-state index contributed by atoms with van der Waals surface area (Å²) in [7, 11) is -3.22. The van der Waals surface area contributed by atoms with Crippen molar-refractivity contribution in [2.45, 2.75) is 160 Å². The highest BCUT2D eigenvalue weighted by molar-refractivity contribution is 7.99. The molecular weight excluding hydrogens is 543 g/mol. The zero-order chi connectivity index (χ0) is 30.3. The SMILES string of the molecule is CCCCCCCCCCCCCC[P+]1(O)Oc2c(cc(C)cc2C(C)(C)C)Sc2cc(C)cc(C(C)(C)C)c2O1. The van der Waals surface area contributed by atoms with E-state index in [1.54, 1.807) is 11.8 Å². The number of unbranched alkanes of at least 4 members (excludes halogenated alkanes) is 11.